The van der Waals surface area contributed by atoms with Gasteiger partial charge in [-0.3, -0.25) is 24.0 Å². The first-order chi connectivity index (χ1) is 45.2. The number of aliphatic carboxylic acids is 4. The highest BCUT2D eigenvalue weighted by Gasteiger charge is 2.41. The molecule has 5 amide bonds. The van der Waals surface area contributed by atoms with Crippen molar-refractivity contribution in [3.63, 3.8) is 0 Å². The van der Waals surface area contributed by atoms with E-state index >= 15 is 0 Å². The summed E-state index contributed by atoms with van der Waals surface area (Å²) in [6.45, 7) is 10.1. The third-order valence-electron chi connectivity index (χ3n) is 12.0. The van der Waals surface area contributed by atoms with Crippen LogP contribution < -0.4 is 47.9 Å². The van der Waals surface area contributed by atoms with Crippen molar-refractivity contribution in [3.8, 4) is 40.1 Å². The average molecular weight is 1450 g/mol. The number of rotatable bonds is 20. The Bertz CT molecular complexity index is 3310. The Morgan fingerprint density at radius 1 is 0.735 bits per heavy atom. The zero-order chi connectivity index (χ0) is 75.3. The Labute approximate surface area is 558 Å². The second-order valence-corrected chi connectivity index (χ2v) is 24.2. The smallest absolute Gasteiger partial charge is 0.490 e. The van der Waals surface area contributed by atoms with Gasteiger partial charge in [-0.1, -0.05) is 78.8 Å². The van der Waals surface area contributed by atoms with Gasteiger partial charge in [0, 0.05) is 59.9 Å². The number of likely N-dealkylation sites (N-methyl/N-ethyl adjacent to an activating group) is 1. The first kappa shape index (κ1) is 86.8. The van der Waals surface area contributed by atoms with E-state index in [0.717, 1.165) is 24.2 Å². The number of nitrogens with two attached hydrogens (primary N) is 3. The minimum Gasteiger partial charge on any atom is -0.492 e. The summed E-state index contributed by atoms with van der Waals surface area (Å²) in [6, 6.07) is 15.1. The molecular weight excluding hydrogens is 1380 g/mol. The Balaban J connectivity index is 0.00000142. The Morgan fingerprint density at radius 2 is 1.22 bits per heavy atom. The van der Waals surface area contributed by atoms with E-state index < -0.39 is 102 Å². The van der Waals surface area contributed by atoms with Crippen molar-refractivity contribution >= 4 is 75.0 Å². The van der Waals surface area contributed by atoms with E-state index in [0.29, 0.717) is 45.3 Å². The van der Waals surface area contributed by atoms with Crippen molar-refractivity contribution in [2.75, 3.05) is 52.2 Å². The molecule has 0 aliphatic carbocycles. The van der Waals surface area contributed by atoms with Crippen LogP contribution in [0.15, 0.2) is 66.9 Å². The molecule has 4 atom stereocenters. The molecule has 14 N–H and O–H groups in total. The van der Waals surface area contributed by atoms with Crippen LogP contribution in [0.2, 0.25) is 0 Å². The molecule has 0 unspecified atom stereocenters. The number of hydrogen-bond acceptors (Lipinski definition) is 19. The van der Waals surface area contributed by atoms with Crippen molar-refractivity contribution < 1.29 is 126 Å². The number of aryl methyl sites for hydroxylation is 2. The summed E-state index contributed by atoms with van der Waals surface area (Å²) < 4.78 is 139. The van der Waals surface area contributed by atoms with Crippen LogP contribution in [0.25, 0.3) is 22.5 Å². The van der Waals surface area contributed by atoms with Crippen LogP contribution in [0.5, 0.6) is 11.5 Å². The van der Waals surface area contributed by atoms with Crippen molar-refractivity contribution in [2.24, 2.45) is 17.2 Å². The van der Waals surface area contributed by atoms with Crippen LogP contribution in [0.1, 0.15) is 79.3 Å². The van der Waals surface area contributed by atoms with E-state index in [1.807, 2.05) is 39.8 Å². The maximum atomic E-state index is 14.7. The summed E-state index contributed by atoms with van der Waals surface area (Å²) in [4.78, 5) is 116. The SMILES string of the molecule is Cc1nc(-c2ccc(CCCSSC(C)(C)C)cc2)ncc1C(=O)N[C@@H](CCN)C(=O)N(C)[C@@H]1C(=O)N[C@@H](C)C(=O)N[C@H](C(=O)NCC#N)Cc2ccc(OCCN)c(c2)-c2cc1ccc2OCCN.O=C(O)C(F)(F)F.O=C(O)C(F)(F)F.O=C(O)C(F)(F)F.O=C(O)C(F)(F)F. The molecule has 4 aromatic rings. The number of alkyl halides is 12. The second-order valence-electron chi connectivity index (χ2n) is 20.9. The molecule has 1 aliphatic heterocycles. The van der Waals surface area contributed by atoms with Crippen LogP contribution in [0.4, 0.5) is 52.7 Å². The molecule has 40 heteroatoms. The third kappa shape index (κ3) is 30.9. The number of halogens is 12. The van der Waals surface area contributed by atoms with Gasteiger partial charge < -0.3 is 73.3 Å². The minimum atomic E-state index is -5.08. The van der Waals surface area contributed by atoms with Crippen molar-refractivity contribution in [3.05, 3.63) is 94.8 Å². The summed E-state index contributed by atoms with van der Waals surface area (Å²) in [7, 11) is 5.19. The number of hydrogen-bond donors (Lipinski definition) is 11. The monoisotopic (exact) mass is 1450 g/mol. The summed E-state index contributed by atoms with van der Waals surface area (Å²) in [5, 5.41) is 48.4. The van der Waals surface area contributed by atoms with Gasteiger partial charge in [0.15, 0.2) is 5.82 Å². The first-order valence-corrected chi connectivity index (χ1v) is 30.5. The van der Waals surface area contributed by atoms with Gasteiger partial charge in [-0.15, -0.1) is 0 Å². The van der Waals surface area contributed by atoms with Gasteiger partial charge >= 0.3 is 48.6 Å². The number of nitrogens with zero attached hydrogens (tertiary/aromatic N) is 4. The fourth-order valence-electron chi connectivity index (χ4n) is 7.57. The number of aromatic nitrogens is 2. The fraction of sp³-hybridized carbons (Fsp3) is 0.448. The molecule has 0 fully saturated rings. The number of carbonyl (C=O) groups excluding carboxylic acids is 5. The Hall–Kier alpha value is -9.20. The van der Waals surface area contributed by atoms with Crippen LogP contribution in [0, 0.1) is 18.3 Å². The highest BCUT2D eigenvalue weighted by molar-refractivity contribution is 8.77. The zero-order valence-corrected chi connectivity index (χ0v) is 54.2. The molecule has 1 aliphatic rings. The highest BCUT2D eigenvalue weighted by Crippen LogP contribution is 2.41. The minimum absolute atomic E-state index is 0.0000833. The molecular formula is C58H69F12N11O15S2. The Kier molecular flexibility index (Phi) is 35.3. The molecule has 2 heterocycles. The van der Waals surface area contributed by atoms with Crippen LogP contribution >= 0.6 is 21.6 Å². The molecule has 0 radical (unpaired) electrons. The number of fused-ring (bicyclic) bond motifs is 5. The molecule has 98 heavy (non-hydrogen) atoms. The lowest BCUT2D eigenvalue weighted by molar-refractivity contribution is -0.193. The highest BCUT2D eigenvalue weighted by atomic mass is 33.1. The van der Waals surface area contributed by atoms with E-state index in [9.17, 15) is 81.9 Å². The molecule has 0 spiro atoms. The van der Waals surface area contributed by atoms with E-state index in [1.165, 1.54) is 30.6 Å². The number of amides is 5. The van der Waals surface area contributed by atoms with E-state index in [2.05, 4.69) is 64.1 Å². The maximum absolute atomic E-state index is 14.7. The molecule has 542 valence electrons. The van der Waals surface area contributed by atoms with Gasteiger partial charge in [-0.2, -0.15) is 57.9 Å². The number of nitrogens with one attached hydrogen (secondary N) is 4. The summed E-state index contributed by atoms with van der Waals surface area (Å²) >= 11 is 0. The number of carboxylic acid groups (broad SMARTS) is 4. The van der Waals surface area contributed by atoms with Crippen LogP contribution in [-0.4, -0.2) is 188 Å². The average Bonchev–Trinajstić information content (AvgIpc) is 0.783. The maximum Gasteiger partial charge on any atom is 0.490 e. The number of carbonyl (C=O) groups is 9. The van der Waals surface area contributed by atoms with Crippen molar-refractivity contribution in [1.82, 2.24) is 36.1 Å². The van der Waals surface area contributed by atoms with Gasteiger partial charge in [0.1, 0.15) is 55.4 Å². The predicted molar refractivity (Wildman–Crippen MR) is 328 cm³/mol. The van der Waals surface area contributed by atoms with E-state index in [1.54, 1.807) is 43.3 Å². The predicted octanol–water partition coefficient (Wildman–Crippen LogP) is 6.27. The largest absolute Gasteiger partial charge is 0.492 e. The summed E-state index contributed by atoms with van der Waals surface area (Å²) in [6.07, 6.45) is -16.9. The molecule has 3 aromatic carbocycles. The van der Waals surface area contributed by atoms with E-state index in [4.69, 9.17) is 66.3 Å². The van der Waals surface area contributed by atoms with E-state index in [-0.39, 0.29) is 62.5 Å². The van der Waals surface area contributed by atoms with Crippen molar-refractivity contribution in [2.45, 2.75) is 114 Å². The zero-order valence-electron chi connectivity index (χ0n) is 52.6. The van der Waals surface area contributed by atoms with Gasteiger partial charge in [-0.25, -0.2) is 29.1 Å². The molecule has 5 rings (SSSR count). The molecule has 0 saturated carbocycles. The molecule has 4 bridgehead atoms. The lowest BCUT2D eigenvalue weighted by atomic mass is 9.93. The molecule has 0 saturated heterocycles. The molecule has 26 nitrogen and oxygen atoms in total. The van der Waals surface area contributed by atoms with Crippen LogP contribution in [0.3, 0.4) is 0 Å². The fourth-order valence-corrected chi connectivity index (χ4v) is 9.93. The number of ether oxygens (including phenoxy) is 2. The second kappa shape index (κ2) is 39.9. The van der Waals surface area contributed by atoms with Gasteiger partial charge in [-0.05, 0) is 80.6 Å². The quantitative estimate of drug-likeness (QED) is 0.0201. The topological polar surface area (TPSA) is 432 Å². The standard InChI is InChI=1S/C50H65N11O7S2.4C2HF3O2/c1-30-38(29-56-44(57-30)34-12-9-32(10-13-34)8-7-25-69-70-50(3,4)5)46(63)59-39(17-18-51)49(66)61(6)43-35-14-16-42(68-24-21-54)37(28-35)36-26-33(11-15-41(36)67-23-20-53)27-40(47(64)55-22-19-52)60-45(62)31(2)58-48(43)65;4*3-2(4,5)1(6)7/h9-16,26,28-29,31,39-40,43H,7-8,17-18,20-25,27,51,53-54H2,1-6H3,(H,55,64)(H,58,65)(H,59,63)(H,60,62);4*(H,6,7)/t31-,39-,40-,43-;;;;/m0..../s1. The summed E-state index contributed by atoms with van der Waals surface area (Å²) in [5.74, 6) is -12.1. The summed E-state index contributed by atoms with van der Waals surface area (Å²) in [5.41, 5.74) is 22.1. The third-order valence-corrected chi connectivity index (χ3v) is 15.4. The first-order valence-electron chi connectivity index (χ1n) is 28.2. The van der Waals surface area contributed by atoms with Gasteiger partial charge in [0.05, 0.1) is 17.3 Å². The van der Waals surface area contributed by atoms with Gasteiger partial charge in [0.2, 0.25) is 23.6 Å². The normalized spacial score (nSPS) is 14.9. The number of nitriles is 1. The van der Waals surface area contributed by atoms with Gasteiger partial charge in [0.25, 0.3) is 5.91 Å². The lowest BCUT2D eigenvalue weighted by Crippen LogP contribution is -2.56. The Morgan fingerprint density at radius 3 is 1.67 bits per heavy atom. The molecule has 1 aromatic heterocycles. The van der Waals surface area contributed by atoms with Crippen LogP contribution in [-0.2, 0) is 51.2 Å². The number of carboxylic acids is 4. The number of benzene rings is 3. The lowest BCUT2D eigenvalue weighted by Gasteiger charge is -2.32. The van der Waals surface area contributed by atoms with Crippen molar-refractivity contribution in [1.29, 1.82) is 5.26 Å².